The SMILES string of the molecule is CSc1oc(-c2cccs2)nc1S(=O)(=O)c1ccc(Br)cc1. The molecule has 0 unspecified atom stereocenters. The average molecular weight is 416 g/mol. The molecule has 0 aliphatic heterocycles. The Hall–Kier alpha value is -1.09. The lowest BCUT2D eigenvalue weighted by atomic mass is 10.4. The van der Waals surface area contributed by atoms with E-state index in [1.807, 2.05) is 17.5 Å². The number of sulfone groups is 1. The van der Waals surface area contributed by atoms with Crippen molar-refractivity contribution < 1.29 is 12.8 Å². The van der Waals surface area contributed by atoms with Crippen LogP contribution in [-0.2, 0) is 9.84 Å². The minimum atomic E-state index is -3.71. The predicted octanol–water partition coefficient (Wildman–Crippen LogP) is 4.72. The maximum Gasteiger partial charge on any atom is 0.238 e. The van der Waals surface area contributed by atoms with Gasteiger partial charge in [-0.05, 0) is 42.0 Å². The Kier molecular flexibility index (Phi) is 4.44. The molecular weight excluding hydrogens is 406 g/mol. The van der Waals surface area contributed by atoms with Gasteiger partial charge in [0.1, 0.15) is 0 Å². The fourth-order valence-electron chi connectivity index (χ4n) is 1.82. The van der Waals surface area contributed by atoms with E-state index in [-0.39, 0.29) is 9.92 Å². The molecule has 22 heavy (non-hydrogen) atoms. The van der Waals surface area contributed by atoms with E-state index in [4.69, 9.17) is 4.42 Å². The van der Waals surface area contributed by atoms with E-state index in [1.165, 1.54) is 23.1 Å². The van der Waals surface area contributed by atoms with Crippen LogP contribution in [0.2, 0.25) is 0 Å². The van der Waals surface area contributed by atoms with Gasteiger partial charge in [0.05, 0.1) is 9.77 Å². The second-order valence-electron chi connectivity index (χ2n) is 4.25. The summed E-state index contributed by atoms with van der Waals surface area (Å²) in [5.41, 5.74) is 0. The first kappa shape index (κ1) is 15.8. The molecule has 0 saturated carbocycles. The largest absolute Gasteiger partial charge is 0.428 e. The summed E-state index contributed by atoms with van der Waals surface area (Å²) in [5.74, 6) is 0.329. The van der Waals surface area contributed by atoms with Crippen molar-refractivity contribution in [2.24, 2.45) is 0 Å². The molecule has 8 heteroatoms. The first-order valence-corrected chi connectivity index (χ1v) is 10.5. The number of rotatable bonds is 4. The lowest BCUT2D eigenvalue weighted by molar-refractivity contribution is 0.472. The molecule has 3 rings (SSSR count). The molecule has 0 spiro atoms. The molecule has 0 aliphatic carbocycles. The van der Waals surface area contributed by atoms with Crippen molar-refractivity contribution in [3.63, 3.8) is 0 Å². The Morgan fingerprint density at radius 2 is 1.95 bits per heavy atom. The summed E-state index contributed by atoms with van der Waals surface area (Å²) in [5, 5.41) is 2.15. The molecule has 3 aromatic rings. The maximum atomic E-state index is 12.8. The number of benzene rings is 1. The standard InChI is InChI=1S/C14H10BrNO3S3/c1-20-14-13(16-12(19-14)11-3-2-8-21-11)22(17,18)10-6-4-9(15)5-7-10/h2-8H,1H3. The summed E-state index contributed by atoms with van der Waals surface area (Å²) in [7, 11) is -3.71. The monoisotopic (exact) mass is 415 g/mol. The third-order valence-corrected chi connectivity index (χ3v) is 6.70. The molecule has 0 amide bonds. The van der Waals surface area contributed by atoms with Crippen molar-refractivity contribution in [3.05, 3.63) is 46.3 Å². The Morgan fingerprint density at radius 3 is 2.55 bits per heavy atom. The van der Waals surface area contributed by atoms with Gasteiger partial charge in [0.15, 0.2) is 0 Å². The summed E-state index contributed by atoms with van der Waals surface area (Å²) < 4.78 is 31.9. The van der Waals surface area contributed by atoms with Crippen LogP contribution in [0.25, 0.3) is 10.8 Å². The first-order chi connectivity index (χ1) is 10.5. The summed E-state index contributed by atoms with van der Waals surface area (Å²) >= 11 is 5.97. The van der Waals surface area contributed by atoms with Crippen LogP contribution in [0.5, 0.6) is 0 Å². The van der Waals surface area contributed by atoms with Crippen molar-refractivity contribution in [2.75, 3.05) is 6.26 Å². The highest BCUT2D eigenvalue weighted by molar-refractivity contribution is 9.10. The van der Waals surface area contributed by atoms with Crippen molar-refractivity contribution >= 4 is 48.9 Å². The number of thioether (sulfide) groups is 1. The topological polar surface area (TPSA) is 60.2 Å². The first-order valence-electron chi connectivity index (χ1n) is 6.11. The molecule has 2 heterocycles. The van der Waals surface area contributed by atoms with E-state index in [9.17, 15) is 8.42 Å². The molecule has 2 aromatic heterocycles. The van der Waals surface area contributed by atoms with E-state index in [0.29, 0.717) is 11.0 Å². The third-order valence-electron chi connectivity index (χ3n) is 2.86. The van der Waals surface area contributed by atoms with Gasteiger partial charge in [-0.1, -0.05) is 33.8 Å². The number of aromatic nitrogens is 1. The summed E-state index contributed by atoms with van der Waals surface area (Å²) in [4.78, 5) is 5.21. The third kappa shape index (κ3) is 2.88. The smallest absolute Gasteiger partial charge is 0.238 e. The Labute approximate surface area is 144 Å². The summed E-state index contributed by atoms with van der Waals surface area (Å²) in [6.45, 7) is 0. The Morgan fingerprint density at radius 1 is 1.23 bits per heavy atom. The molecule has 0 radical (unpaired) electrons. The normalized spacial score (nSPS) is 11.7. The number of thiophene rings is 1. The molecule has 1 aromatic carbocycles. The van der Waals surface area contributed by atoms with E-state index in [2.05, 4.69) is 20.9 Å². The van der Waals surface area contributed by atoms with Gasteiger partial charge in [0.2, 0.25) is 25.8 Å². The molecule has 4 nitrogen and oxygen atoms in total. The average Bonchev–Trinajstić information content (AvgIpc) is 3.16. The van der Waals surface area contributed by atoms with E-state index in [0.717, 1.165) is 9.35 Å². The van der Waals surface area contributed by atoms with Crippen molar-refractivity contribution in [1.82, 2.24) is 4.98 Å². The zero-order valence-electron chi connectivity index (χ0n) is 11.3. The van der Waals surface area contributed by atoms with Crippen molar-refractivity contribution in [3.8, 4) is 10.8 Å². The minimum Gasteiger partial charge on any atom is -0.428 e. The van der Waals surface area contributed by atoms with Gasteiger partial charge < -0.3 is 4.42 Å². The lowest BCUT2D eigenvalue weighted by Crippen LogP contribution is -2.03. The molecule has 0 bridgehead atoms. The van der Waals surface area contributed by atoms with Crippen LogP contribution >= 0.6 is 39.0 Å². The van der Waals surface area contributed by atoms with Gasteiger partial charge in [-0.25, -0.2) is 8.42 Å². The Bertz CT molecular complexity index is 884. The number of halogens is 1. The highest BCUT2D eigenvalue weighted by atomic mass is 79.9. The van der Waals surface area contributed by atoms with Crippen molar-refractivity contribution in [2.45, 2.75) is 15.0 Å². The minimum absolute atomic E-state index is 0.0364. The van der Waals surface area contributed by atoms with E-state index >= 15 is 0 Å². The molecule has 0 saturated heterocycles. The van der Waals surface area contributed by atoms with Gasteiger partial charge in [-0.3, -0.25) is 0 Å². The highest BCUT2D eigenvalue weighted by Gasteiger charge is 2.28. The van der Waals surface area contributed by atoms with Gasteiger partial charge in [0.25, 0.3) is 0 Å². The van der Waals surface area contributed by atoms with E-state index < -0.39 is 9.84 Å². The van der Waals surface area contributed by atoms with Crippen LogP contribution in [-0.4, -0.2) is 19.7 Å². The van der Waals surface area contributed by atoms with Crippen LogP contribution in [0.4, 0.5) is 0 Å². The van der Waals surface area contributed by atoms with E-state index in [1.54, 1.807) is 30.5 Å². The Balaban J connectivity index is 2.12. The molecule has 0 atom stereocenters. The van der Waals surface area contributed by atoms with Gasteiger partial charge >= 0.3 is 0 Å². The highest BCUT2D eigenvalue weighted by Crippen LogP contribution is 2.35. The van der Waals surface area contributed by atoms with Gasteiger partial charge in [0, 0.05) is 4.47 Å². The van der Waals surface area contributed by atoms with Gasteiger partial charge in [-0.15, -0.1) is 11.3 Å². The second-order valence-corrected chi connectivity index (χ2v) is 8.76. The summed E-state index contributed by atoms with van der Waals surface area (Å²) in [6, 6.07) is 10.2. The molecule has 0 N–H and O–H groups in total. The quantitative estimate of drug-likeness (QED) is 0.576. The fraction of sp³-hybridized carbons (Fsp3) is 0.0714. The number of hydrogen-bond donors (Lipinski definition) is 0. The zero-order chi connectivity index (χ0) is 15.7. The maximum absolute atomic E-state index is 12.8. The van der Waals surface area contributed by atoms with Crippen LogP contribution in [0, 0.1) is 0 Å². The number of nitrogens with zero attached hydrogens (tertiary/aromatic N) is 1. The number of hydrogen-bond acceptors (Lipinski definition) is 6. The lowest BCUT2D eigenvalue weighted by Gasteiger charge is -2.02. The van der Waals surface area contributed by atoms with Crippen molar-refractivity contribution in [1.29, 1.82) is 0 Å². The molecular formula is C14H10BrNO3S3. The van der Waals surface area contributed by atoms with Crippen LogP contribution in [0.3, 0.4) is 0 Å². The molecule has 0 fully saturated rings. The van der Waals surface area contributed by atoms with Gasteiger partial charge in [-0.2, -0.15) is 4.98 Å². The fourth-order valence-corrected chi connectivity index (χ4v) is 4.88. The molecule has 114 valence electrons. The zero-order valence-corrected chi connectivity index (χ0v) is 15.4. The van der Waals surface area contributed by atoms with Crippen LogP contribution in [0.1, 0.15) is 0 Å². The van der Waals surface area contributed by atoms with Crippen LogP contribution in [0.15, 0.2) is 65.7 Å². The second kappa shape index (κ2) is 6.19. The predicted molar refractivity (Wildman–Crippen MR) is 91.2 cm³/mol. The number of oxazole rings is 1. The van der Waals surface area contributed by atoms with Crippen LogP contribution < -0.4 is 0 Å². The molecule has 0 aliphatic rings. The summed E-state index contributed by atoms with van der Waals surface area (Å²) in [6.07, 6.45) is 1.76.